The molecule has 0 saturated carbocycles. The number of hydrogen-bond donors (Lipinski definition) is 1. The van der Waals surface area contributed by atoms with Crippen molar-refractivity contribution >= 4 is 5.91 Å². The largest absolute Gasteiger partial charge is 0.408 e. The van der Waals surface area contributed by atoms with E-state index < -0.39 is 54.1 Å². The molecule has 5 atom stereocenters. The minimum absolute atomic E-state index is 0.0121. The van der Waals surface area contributed by atoms with Crippen LogP contribution in [0.3, 0.4) is 0 Å². The molecule has 1 aromatic carbocycles. The van der Waals surface area contributed by atoms with Gasteiger partial charge in [-0.3, -0.25) is 4.79 Å². The summed E-state index contributed by atoms with van der Waals surface area (Å²) in [5.74, 6) is -2.88. The van der Waals surface area contributed by atoms with E-state index in [9.17, 15) is 40.6 Å². The molecule has 1 N–H and O–H groups in total. The van der Waals surface area contributed by atoms with Crippen LogP contribution in [0.25, 0.3) is 0 Å². The Morgan fingerprint density at radius 1 is 1.00 bits per heavy atom. The maximum absolute atomic E-state index is 14.1. The number of carbonyl (C=O) groups is 1. The molecule has 2 unspecified atom stereocenters. The molecule has 3 fully saturated rings. The Bertz CT molecular complexity index is 971. The van der Waals surface area contributed by atoms with Crippen molar-refractivity contribution in [3.05, 3.63) is 35.1 Å². The third kappa shape index (κ3) is 5.90. The summed E-state index contributed by atoms with van der Waals surface area (Å²) in [6.45, 7) is 1.59. The Morgan fingerprint density at radius 2 is 1.65 bits per heavy atom. The van der Waals surface area contributed by atoms with E-state index in [1.807, 2.05) is 0 Å². The van der Waals surface area contributed by atoms with Gasteiger partial charge in [0.1, 0.15) is 17.9 Å². The van der Waals surface area contributed by atoms with Gasteiger partial charge in [0, 0.05) is 26.2 Å². The summed E-state index contributed by atoms with van der Waals surface area (Å²) in [7, 11) is 0. The second-order valence-corrected chi connectivity index (χ2v) is 10.4. The third-order valence-corrected chi connectivity index (χ3v) is 8.13. The fourth-order valence-corrected chi connectivity index (χ4v) is 6.18. The maximum atomic E-state index is 14.1. The molecule has 0 bridgehead atoms. The summed E-state index contributed by atoms with van der Waals surface area (Å²) in [6, 6.07) is 0.604. The zero-order valence-electron chi connectivity index (χ0n) is 20.5. The van der Waals surface area contributed by atoms with Crippen LogP contribution in [0.5, 0.6) is 0 Å². The molecule has 0 aromatic heterocycles. The van der Waals surface area contributed by atoms with Gasteiger partial charge in [-0.1, -0.05) is 12.1 Å². The second-order valence-electron chi connectivity index (χ2n) is 10.4. The van der Waals surface area contributed by atoms with Gasteiger partial charge >= 0.3 is 12.4 Å². The molecule has 3 saturated heterocycles. The van der Waals surface area contributed by atoms with E-state index in [1.54, 1.807) is 6.07 Å². The fourth-order valence-electron chi connectivity index (χ4n) is 6.18. The van der Waals surface area contributed by atoms with Gasteiger partial charge in [0.2, 0.25) is 5.91 Å². The van der Waals surface area contributed by atoms with E-state index in [0.717, 1.165) is 4.90 Å². The van der Waals surface area contributed by atoms with Crippen LogP contribution in [0.15, 0.2) is 18.2 Å². The quantitative estimate of drug-likeness (QED) is 0.536. The number of rotatable bonds is 5. The number of likely N-dealkylation sites (tertiary alicyclic amines) is 1. The van der Waals surface area contributed by atoms with Gasteiger partial charge in [-0.15, -0.1) is 0 Å². The molecular weight excluding hydrogens is 507 g/mol. The SMILES string of the molecule is Cc1c(F)cccc1C(O)CC1CCN(N2CCC[C@@H]2C(F)(F)F)C[C@@H]1C(=O)N1CCC[C@@H]1C(F)(F)F. The first-order chi connectivity index (χ1) is 17.3. The number of piperidine rings is 1. The lowest BCUT2D eigenvalue weighted by atomic mass is 9.79. The lowest BCUT2D eigenvalue weighted by Gasteiger charge is -2.45. The van der Waals surface area contributed by atoms with E-state index in [0.29, 0.717) is 12.0 Å². The molecule has 1 aromatic rings. The number of aliphatic hydroxyl groups excluding tert-OH is 1. The number of hydrazine groups is 1. The first kappa shape index (κ1) is 28.1. The Kier molecular flexibility index (Phi) is 8.11. The van der Waals surface area contributed by atoms with Crippen molar-refractivity contribution in [3.63, 3.8) is 0 Å². The maximum Gasteiger partial charge on any atom is 0.408 e. The van der Waals surface area contributed by atoms with Gasteiger partial charge in [0.15, 0.2) is 0 Å². The molecule has 0 spiro atoms. The number of amides is 1. The summed E-state index contributed by atoms with van der Waals surface area (Å²) in [5.41, 5.74) is 0.553. The molecule has 3 heterocycles. The van der Waals surface area contributed by atoms with E-state index >= 15 is 0 Å². The molecule has 1 amide bonds. The highest BCUT2D eigenvalue weighted by Crippen LogP contribution is 2.41. The molecule has 5 nitrogen and oxygen atoms in total. The molecule has 0 aliphatic carbocycles. The number of hydrogen-bond acceptors (Lipinski definition) is 4. The molecule has 12 heteroatoms. The minimum Gasteiger partial charge on any atom is -0.388 e. The monoisotopic (exact) mass is 539 g/mol. The van der Waals surface area contributed by atoms with Crippen LogP contribution in [0.1, 0.15) is 55.8 Å². The predicted octanol–water partition coefficient (Wildman–Crippen LogP) is 4.99. The number of alkyl halides is 6. The van der Waals surface area contributed by atoms with Crippen LogP contribution in [0, 0.1) is 24.6 Å². The van der Waals surface area contributed by atoms with Crippen molar-refractivity contribution < 1.29 is 40.6 Å². The van der Waals surface area contributed by atoms with Crippen LogP contribution in [0.4, 0.5) is 30.7 Å². The van der Waals surface area contributed by atoms with E-state index in [-0.39, 0.29) is 63.8 Å². The molecular formula is C25H32F7N3O2. The highest BCUT2D eigenvalue weighted by molar-refractivity contribution is 5.80. The minimum atomic E-state index is -4.61. The number of aliphatic hydroxyl groups is 1. The Hall–Kier alpha value is -1.92. The number of benzene rings is 1. The van der Waals surface area contributed by atoms with Crippen molar-refractivity contribution in [2.75, 3.05) is 26.2 Å². The normalized spacial score (nSPS) is 29.2. The van der Waals surface area contributed by atoms with Gasteiger partial charge in [-0.05, 0) is 68.6 Å². The van der Waals surface area contributed by atoms with Crippen LogP contribution in [0.2, 0.25) is 0 Å². The molecule has 0 radical (unpaired) electrons. The number of carbonyl (C=O) groups excluding carboxylic acids is 1. The second kappa shape index (κ2) is 10.7. The first-order valence-electron chi connectivity index (χ1n) is 12.7. The molecule has 3 aliphatic rings. The van der Waals surface area contributed by atoms with Crippen molar-refractivity contribution in [3.8, 4) is 0 Å². The number of nitrogens with zero attached hydrogens (tertiary/aromatic N) is 3. The molecule has 4 rings (SSSR count). The van der Waals surface area contributed by atoms with Gasteiger partial charge < -0.3 is 10.0 Å². The summed E-state index contributed by atoms with van der Waals surface area (Å²) < 4.78 is 95.9. The smallest absolute Gasteiger partial charge is 0.388 e. The first-order valence-corrected chi connectivity index (χ1v) is 12.7. The lowest BCUT2D eigenvalue weighted by Crippen LogP contribution is -2.58. The van der Waals surface area contributed by atoms with Crippen LogP contribution >= 0.6 is 0 Å². The number of halogens is 7. The highest BCUT2D eigenvalue weighted by Gasteiger charge is 2.52. The summed E-state index contributed by atoms with van der Waals surface area (Å²) in [6.07, 6.45) is -9.83. The van der Waals surface area contributed by atoms with E-state index in [1.165, 1.54) is 29.1 Å². The van der Waals surface area contributed by atoms with Crippen LogP contribution < -0.4 is 0 Å². The van der Waals surface area contributed by atoms with Gasteiger partial charge in [-0.25, -0.2) is 14.4 Å². The lowest BCUT2D eigenvalue weighted by molar-refractivity contribution is -0.219. The Labute approximate surface area is 211 Å². The van der Waals surface area contributed by atoms with Crippen molar-refractivity contribution in [2.24, 2.45) is 11.8 Å². The average molecular weight is 540 g/mol. The third-order valence-electron chi connectivity index (χ3n) is 8.13. The van der Waals surface area contributed by atoms with Crippen molar-refractivity contribution in [1.29, 1.82) is 0 Å². The standard InChI is InChI=1S/C25H32F7N3O2/c1-15-17(5-2-6-19(15)26)20(36)13-16-9-12-33(35-11-4-8-22(35)25(30,31)32)14-18(16)23(37)34-10-3-7-21(34)24(27,28)29/h2,5-6,16,18,20-22,36H,3-4,7-14H2,1H3/t16?,18-,20?,21+,22+/m0/s1. The zero-order valence-corrected chi connectivity index (χ0v) is 20.5. The van der Waals surface area contributed by atoms with Gasteiger partial charge in [-0.2, -0.15) is 26.3 Å². The average Bonchev–Trinajstić information content (AvgIpc) is 3.50. The van der Waals surface area contributed by atoms with Crippen molar-refractivity contribution in [2.45, 2.75) is 76.0 Å². The zero-order chi connectivity index (χ0) is 27.1. The molecule has 37 heavy (non-hydrogen) atoms. The van der Waals surface area contributed by atoms with E-state index in [4.69, 9.17) is 0 Å². The Balaban J connectivity index is 1.59. The van der Waals surface area contributed by atoms with Crippen molar-refractivity contribution in [1.82, 2.24) is 14.9 Å². The Morgan fingerprint density at radius 3 is 2.32 bits per heavy atom. The van der Waals surface area contributed by atoms with Crippen LogP contribution in [-0.4, -0.2) is 76.5 Å². The molecule has 208 valence electrons. The highest BCUT2D eigenvalue weighted by atomic mass is 19.4. The summed E-state index contributed by atoms with van der Waals surface area (Å²) >= 11 is 0. The molecule has 3 aliphatic heterocycles. The predicted molar refractivity (Wildman–Crippen MR) is 120 cm³/mol. The summed E-state index contributed by atoms with van der Waals surface area (Å²) in [5, 5.41) is 13.6. The van der Waals surface area contributed by atoms with E-state index in [2.05, 4.69) is 0 Å². The topological polar surface area (TPSA) is 47.0 Å². The summed E-state index contributed by atoms with van der Waals surface area (Å²) in [4.78, 5) is 14.4. The van der Waals surface area contributed by atoms with Gasteiger partial charge in [0.05, 0.1) is 12.0 Å². The van der Waals surface area contributed by atoms with Crippen LogP contribution in [-0.2, 0) is 4.79 Å². The fraction of sp³-hybridized carbons (Fsp3) is 0.720. The van der Waals surface area contributed by atoms with Gasteiger partial charge in [0.25, 0.3) is 0 Å².